The Labute approximate surface area is 89.7 Å². The Morgan fingerprint density at radius 2 is 2.19 bits per heavy atom. The SMILES string of the molecule is O=C(O)Cc1c[nH]c2cc(C(F)F)ccc12. The van der Waals surface area contributed by atoms with Gasteiger partial charge >= 0.3 is 5.97 Å². The van der Waals surface area contributed by atoms with Crippen molar-refractivity contribution < 1.29 is 18.7 Å². The van der Waals surface area contributed by atoms with E-state index in [-0.39, 0.29) is 12.0 Å². The number of hydrogen-bond acceptors (Lipinski definition) is 1. The highest BCUT2D eigenvalue weighted by atomic mass is 19.3. The molecule has 1 heterocycles. The lowest BCUT2D eigenvalue weighted by Gasteiger charge is -2.00. The average molecular weight is 225 g/mol. The van der Waals surface area contributed by atoms with E-state index >= 15 is 0 Å². The predicted octanol–water partition coefficient (Wildman–Crippen LogP) is 2.73. The monoisotopic (exact) mass is 225 g/mol. The molecule has 0 aliphatic carbocycles. The maximum atomic E-state index is 12.4. The summed E-state index contributed by atoms with van der Waals surface area (Å²) >= 11 is 0. The number of hydrogen-bond donors (Lipinski definition) is 2. The van der Waals surface area contributed by atoms with Crippen LogP contribution in [0.2, 0.25) is 0 Å². The van der Waals surface area contributed by atoms with E-state index in [0.717, 1.165) is 0 Å². The van der Waals surface area contributed by atoms with Gasteiger partial charge in [0, 0.05) is 22.7 Å². The van der Waals surface area contributed by atoms with E-state index in [1.807, 2.05) is 0 Å². The lowest BCUT2D eigenvalue weighted by Crippen LogP contribution is -1.98. The number of aromatic nitrogens is 1. The van der Waals surface area contributed by atoms with Crippen LogP contribution in [0.3, 0.4) is 0 Å². The van der Waals surface area contributed by atoms with Crippen molar-refractivity contribution in [1.29, 1.82) is 0 Å². The van der Waals surface area contributed by atoms with E-state index < -0.39 is 12.4 Å². The van der Waals surface area contributed by atoms with Crippen molar-refractivity contribution in [3.8, 4) is 0 Å². The molecule has 0 spiro atoms. The van der Waals surface area contributed by atoms with Crippen LogP contribution in [0.4, 0.5) is 8.78 Å². The number of carboxylic acids is 1. The van der Waals surface area contributed by atoms with Crippen LogP contribution in [-0.2, 0) is 11.2 Å². The summed E-state index contributed by atoms with van der Waals surface area (Å²) in [7, 11) is 0. The second kappa shape index (κ2) is 3.92. The van der Waals surface area contributed by atoms with Gasteiger partial charge in [-0.05, 0) is 11.6 Å². The van der Waals surface area contributed by atoms with Crippen molar-refractivity contribution in [2.24, 2.45) is 0 Å². The van der Waals surface area contributed by atoms with Gasteiger partial charge in [0.2, 0.25) is 0 Å². The zero-order chi connectivity index (χ0) is 11.7. The van der Waals surface area contributed by atoms with Crippen LogP contribution in [0.5, 0.6) is 0 Å². The van der Waals surface area contributed by atoms with Crippen molar-refractivity contribution in [3.05, 3.63) is 35.5 Å². The third-order valence-corrected chi connectivity index (χ3v) is 2.39. The molecule has 0 fully saturated rings. The van der Waals surface area contributed by atoms with E-state index in [1.165, 1.54) is 24.4 Å². The summed E-state index contributed by atoms with van der Waals surface area (Å²) in [5, 5.41) is 9.33. The van der Waals surface area contributed by atoms with Gasteiger partial charge in [-0.2, -0.15) is 0 Å². The molecule has 2 aromatic rings. The fourth-order valence-corrected chi connectivity index (χ4v) is 1.65. The third kappa shape index (κ3) is 1.88. The van der Waals surface area contributed by atoms with Crippen LogP contribution < -0.4 is 0 Å². The molecule has 0 saturated carbocycles. The van der Waals surface area contributed by atoms with Gasteiger partial charge in [-0.25, -0.2) is 8.78 Å². The highest BCUT2D eigenvalue weighted by molar-refractivity contribution is 5.87. The molecule has 84 valence electrons. The number of fused-ring (bicyclic) bond motifs is 1. The molecule has 0 bridgehead atoms. The molecule has 5 heteroatoms. The molecular weight excluding hydrogens is 216 g/mol. The van der Waals surface area contributed by atoms with Crippen molar-refractivity contribution in [3.63, 3.8) is 0 Å². The first-order chi connectivity index (χ1) is 7.58. The zero-order valence-electron chi connectivity index (χ0n) is 8.21. The number of rotatable bonds is 3. The van der Waals surface area contributed by atoms with Crippen LogP contribution in [0.1, 0.15) is 17.6 Å². The summed E-state index contributed by atoms with van der Waals surface area (Å²) in [4.78, 5) is 13.3. The normalized spacial score (nSPS) is 11.2. The summed E-state index contributed by atoms with van der Waals surface area (Å²) < 4.78 is 24.8. The van der Waals surface area contributed by atoms with Gasteiger partial charge in [-0.1, -0.05) is 12.1 Å². The minimum atomic E-state index is -2.52. The maximum Gasteiger partial charge on any atom is 0.307 e. The molecule has 2 rings (SSSR count). The number of halogens is 2. The second-order valence-electron chi connectivity index (χ2n) is 3.49. The zero-order valence-corrected chi connectivity index (χ0v) is 8.21. The van der Waals surface area contributed by atoms with Crippen molar-refractivity contribution in [2.45, 2.75) is 12.8 Å². The fourth-order valence-electron chi connectivity index (χ4n) is 1.65. The Morgan fingerprint density at radius 3 is 2.81 bits per heavy atom. The van der Waals surface area contributed by atoms with Crippen LogP contribution in [0, 0.1) is 0 Å². The number of benzene rings is 1. The second-order valence-corrected chi connectivity index (χ2v) is 3.49. The first-order valence-corrected chi connectivity index (χ1v) is 4.68. The number of nitrogens with one attached hydrogen (secondary N) is 1. The fraction of sp³-hybridized carbons (Fsp3) is 0.182. The van der Waals surface area contributed by atoms with Crippen LogP contribution in [-0.4, -0.2) is 16.1 Å². The van der Waals surface area contributed by atoms with Crippen LogP contribution in [0.25, 0.3) is 10.9 Å². The molecule has 0 unspecified atom stereocenters. The largest absolute Gasteiger partial charge is 0.481 e. The number of aliphatic carboxylic acids is 1. The standard InChI is InChI=1S/C11H9F2NO2/c12-11(13)6-1-2-8-7(4-10(15)16)5-14-9(8)3-6/h1-3,5,11,14H,4H2,(H,15,16). The van der Waals surface area contributed by atoms with E-state index in [2.05, 4.69) is 4.98 Å². The van der Waals surface area contributed by atoms with E-state index in [4.69, 9.17) is 5.11 Å². The number of H-pyrrole nitrogens is 1. The Hall–Kier alpha value is -1.91. The molecule has 1 aromatic heterocycles. The van der Waals surface area contributed by atoms with E-state index in [1.54, 1.807) is 0 Å². The predicted molar refractivity (Wildman–Crippen MR) is 54.6 cm³/mol. The number of carbonyl (C=O) groups is 1. The molecular formula is C11H9F2NO2. The van der Waals surface area contributed by atoms with Gasteiger partial charge in [0.05, 0.1) is 6.42 Å². The highest BCUT2D eigenvalue weighted by Crippen LogP contribution is 2.25. The van der Waals surface area contributed by atoms with E-state index in [0.29, 0.717) is 16.5 Å². The van der Waals surface area contributed by atoms with Gasteiger partial charge in [0.15, 0.2) is 0 Å². The summed E-state index contributed by atoms with van der Waals surface area (Å²) in [5.41, 5.74) is 1.06. The van der Waals surface area contributed by atoms with Crippen LogP contribution >= 0.6 is 0 Å². The van der Waals surface area contributed by atoms with E-state index in [9.17, 15) is 13.6 Å². The van der Waals surface area contributed by atoms with Crippen molar-refractivity contribution in [2.75, 3.05) is 0 Å². The minimum Gasteiger partial charge on any atom is -0.481 e. The number of alkyl halides is 2. The number of carboxylic acid groups (broad SMARTS) is 1. The maximum absolute atomic E-state index is 12.4. The van der Waals surface area contributed by atoms with Crippen LogP contribution in [0.15, 0.2) is 24.4 Å². The van der Waals surface area contributed by atoms with Gasteiger partial charge in [0.1, 0.15) is 0 Å². The van der Waals surface area contributed by atoms with Gasteiger partial charge in [-0.3, -0.25) is 4.79 Å². The van der Waals surface area contributed by atoms with Gasteiger partial charge in [-0.15, -0.1) is 0 Å². The summed E-state index contributed by atoms with van der Waals surface area (Å²) in [6.45, 7) is 0. The molecule has 0 atom stereocenters. The topological polar surface area (TPSA) is 53.1 Å². The summed E-state index contributed by atoms with van der Waals surface area (Å²) in [6.07, 6.45) is -1.10. The molecule has 1 aromatic carbocycles. The molecule has 0 aliphatic heterocycles. The van der Waals surface area contributed by atoms with Crippen molar-refractivity contribution in [1.82, 2.24) is 4.98 Å². The summed E-state index contributed by atoms with van der Waals surface area (Å²) in [5.74, 6) is -0.946. The first-order valence-electron chi connectivity index (χ1n) is 4.68. The molecule has 0 aliphatic rings. The van der Waals surface area contributed by atoms with Gasteiger partial charge in [0.25, 0.3) is 6.43 Å². The lowest BCUT2D eigenvalue weighted by molar-refractivity contribution is -0.136. The van der Waals surface area contributed by atoms with Gasteiger partial charge < -0.3 is 10.1 Å². The Balaban J connectivity index is 2.46. The lowest BCUT2D eigenvalue weighted by atomic mass is 10.1. The minimum absolute atomic E-state index is 0.0729. The smallest absolute Gasteiger partial charge is 0.307 e. The average Bonchev–Trinajstić information content (AvgIpc) is 2.60. The Morgan fingerprint density at radius 1 is 1.44 bits per heavy atom. The molecule has 0 amide bonds. The molecule has 0 radical (unpaired) electrons. The Bertz CT molecular complexity index is 534. The first kappa shape index (κ1) is 10.6. The molecule has 2 N–H and O–H groups in total. The number of aromatic amines is 1. The van der Waals surface area contributed by atoms with Crippen molar-refractivity contribution >= 4 is 16.9 Å². The molecule has 3 nitrogen and oxygen atoms in total. The Kier molecular flexibility index (Phi) is 2.60. The summed E-state index contributed by atoms with van der Waals surface area (Å²) in [6, 6.07) is 4.17. The quantitative estimate of drug-likeness (QED) is 0.843. The third-order valence-electron chi connectivity index (χ3n) is 2.39. The molecule has 0 saturated heterocycles. The highest BCUT2D eigenvalue weighted by Gasteiger charge is 2.11. The molecule has 16 heavy (non-hydrogen) atoms.